The summed E-state index contributed by atoms with van der Waals surface area (Å²) in [6, 6.07) is 10.2. The molecule has 1 N–H and O–H groups in total. The number of nitrogens with one attached hydrogen (secondary N) is 1. The molecule has 0 aliphatic carbocycles. The summed E-state index contributed by atoms with van der Waals surface area (Å²) in [7, 11) is 3.17. The van der Waals surface area contributed by atoms with Crippen molar-refractivity contribution in [1.29, 1.82) is 0 Å². The fraction of sp³-hybridized carbons (Fsp3) is 0.222. The first-order valence-electron chi connectivity index (χ1n) is 7.56. The van der Waals surface area contributed by atoms with Gasteiger partial charge in [-0.05, 0) is 30.2 Å². The first-order chi connectivity index (χ1) is 11.7. The molecule has 0 saturated heterocycles. The number of aromatic nitrogens is 2. The first kappa shape index (κ1) is 16.0. The molecule has 3 aromatic rings. The Labute approximate surface area is 139 Å². The lowest BCUT2D eigenvalue weighted by atomic mass is 10.1. The van der Waals surface area contributed by atoms with Crippen LogP contribution in [0.3, 0.4) is 0 Å². The molecule has 0 aliphatic heterocycles. The fourth-order valence-electron chi connectivity index (χ4n) is 2.54. The van der Waals surface area contributed by atoms with Gasteiger partial charge < -0.3 is 14.8 Å². The van der Waals surface area contributed by atoms with Crippen molar-refractivity contribution in [2.75, 3.05) is 26.1 Å². The summed E-state index contributed by atoms with van der Waals surface area (Å²) in [5.41, 5.74) is 1.69. The maximum Gasteiger partial charge on any atom is 0.162 e. The normalized spacial score (nSPS) is 10.6. The molecule has 0 fully saturated rings. The van der Waals surface area contributed by atoms with Crippen LogP contribution in [0, 0.1) is 5.82 Å². The van der Waals surface area contributed by atoms with Crippen molar-refractivity contribution in [1.82, 2.24) is 9.97 Å². The Balaban J connectivity index is 1.81. The van der Waals surface area contributed by atoms with Gasteiger partial charge in [-0.1, -0.05) is 12.1 Å². The minimum Gasteiger partial charge on any atom is -0.493 e. The Kier molecular flexibility index (Phi) is 4.74. The second kappa shape index (κ2) is 7.12. The second-order valence-corrected chi connectivity index (χ2v) is 5.25. The van der Waals surface area contributed by atoms with Gasteiger partial charge in [-0.2, -0.15) is 0 Å². The molecular formula is C18H18FN3O2. The standard InChI is InChI=1S/C18H18FN3O2/c1-23-16-9-14-15(10-17(16)24-2)21-11-22-18(14)20-7-6-12-4-3-5-13(19)8-12/h3-5,8-11H,6-7H2,1-2H3,(H,20,21,22). The molecule has 0 atom stereocenters. The van der Waals surface area contributed by atoms with E-state index in [1.54, 1.807) is 20.3 Å². The summed E-state index contributed by atoms with van der Waals surface area (Å²) in [4.78, 5) is 8.56. The maximum absolute atomic E-state index is 13.2. The highest BCUT2D eigenvalue weighted by Crippen LogP contribution is 2.33. The average molecular weight is 327 g/mol. The lowest BCUT2D eigenvalue weighted by molar-refractivity contribution is 0.356. The molecule has 0 aliphatic rings. The smallest absolute Gasteiger partial charge is 0.162 e. The molecule has 1 heterocycles. The van der Waals surface area contributed by atoms with Crippen molar-refractivity contribution in [2.45, 2.75) is 6.42 Å². The van der Waals surface area contributed by atoms with Gasteiger partial charge >= 0.3 is 0 Å². The summed E-state index contributed by atoms with van der Waals surface area (Å²) in [6.45, 7) is 0.629. The lowest BCUT2D eigenvalue weighted by Crippen LogP contribution is -2.07. The van der Waals surface area contributed by atoms with E-state index in [1.165, 1.54) is 18.5 Å². The van der Waals surface area contributed by atoms with Crippen molar-refractivity contribution in [3.05, 3.63) is 54.1 Å². The van der Waals surface area contributed by atoms with Gasteiger partial charge in [-0.3, -0.25) is 0 Å². The molecule has 0 bridgehead atoms. The number of hydrogen-bond acceptors (Lipinski definition) is 5. The summed E-state index contributed by atoms with van der Waals surface area (Å²) < 4.78 is 23.8. The van der Waals surface area contributed by atoms with Crippen molar-refractivity contribution < 1.29 is 13.9 Å². The van der Waals surface area contributed by atoms with Crippen LogP contribution in [0.25, 0.3) is 10.9 Å². The van der Waals surface area contributed by atoms with E-state index < -0.39 is 0 Å². The van der Waals surface area contributed by atoms with Crippen molar-refractivity contribution in [3.8, 4) is 11.5 Å². The summed E-state index contributed by atoms with van der Waals surface area (Å²) in [5, 5.41) is 4.12. The summed E-state index contributed by atoms with van der Waals surface area (Å²) >= 11 is 0. The third kappa shape index (κ3) is 3.37. The molecule has 5 nitrogen and oxygen atoms in total. The van der Waals surface area contributed by atoms with E-state index in [0.29, 0.717) is 30.3 Å². The molecule has 0 saturated carbocycles. The molecule has 124 valence electrons. The highest BCUT2D eigenvalue weighted by Gasteiger charge is 2.10. The Morgan fingerprint density at radius 3 is 2.58 bits per heavy atom. The van der Waals surface area contributed by atoms with Crippen LogP contribution in [0.15, 0.2) is 42.7 Å². The van der Waals surface area contributed by atoms with Gasteiger partial charge in [0.05, 0.1) is 19.7 Å². The quantitative estimate of drug-likeness (QED) is 0.751. The van der Waals surface area contributed by atoms with Crippen LogP contribution < -0.4 is 14.8 Å². The lowest BCUT2D eigenvalue weighted by Gasteiger charge is -2.12. The number of hydrogen-bond donors (Lipinski definition) is 1. The summed E-state index contributed by atoms with van der Waals surface area (Å²) in [5.74, 6) is 1.72. The van der Waals surface area contributed by atoms with Gasteiger partial charge in [0.25, 0.3) is 0 Å². The molecular weight excluding hydrogens is 309 g/mol. The number of benzene rings is 2. The molecule has 24 heavy (non-hydrogen) atoms. The topological polar surface area (TPSA) is 56.3 Å². The Hall–Kier alpha value is -2.89. The Bertz CT molecular complexity index is 855. The first-order valence-corrected chi connectivity index (χ1v) is 7.56. The van der Waals surface area contributed by atoms with Crippen LogP contribution in [0.1, 0.15) is 5.56 Å². The van der Waals surface area contributed by atoms with E-state index in [-0.39, 0.29) is 5.82 Å². The van der Waals surface area contributed by atoms with Crippen LogP contribution >= 0.6 is 0 Å². The molecule has 0 spiro atoms. The van der Waals surface area contributed by atoms with E-state index >= 15 is 0 Å². The highest BCUT2D eigenvalue weighted by atomic mass is 19.1. The number of nitrogens with zero attached hydrogens (tertiary/aromatic N) is 2. The van der Waals surface area contributed by atoms with Gasteiger partial charge in [0, 0.05) is 18.0 Å². The van der Waals surface area contributed by atoms with E-state index in [1.807, 2.05) is 18.2 Å². The van der Waals surface area contributed by atoms with Crippen LogP contribution in [0.2, 0.25) is 0 Å². The van der Waals surface area contributed by atoms with Crippen molar-refractivity contribution in [2.24, 2.45) is 0 Å². The number of rotatable bonds is 6. The van der Waals surface area contributed by atoms with Crippen LogP contribution in [0.5, 0.6) is 11.5 Å². The van der Waals surface area contributed by atoms with Gasteiger partial charge in [-0.25, -0.2) is 14.4 Å². The summed E-state index contributed by atoms with van der Waals surface area (Å²) in [6.07, 6.45) is 2.19. The van der Waals surface area contributed by atoms with Gasteiger partial charge in [0.2, 0.25) is 0 Å². The zero-order valence-electron chi connectivity index (χ0n) is 13.5. The zero-order chi connectivity index (χ0) is 16.9. The monoisotopic (exact) mass is 327 g/mol. The van der Waals surface area contributed by atoms with Crippen molar-refractivity contribution >= 4 is 16.7 Å². The Morgan fingerprint density at radius 2 is 1.83 bits per heavy atom. The van der Waals surface area contributed by atoms with Gasteiger partial charge in [-0.15, -0.1) is 0 Å². The zero-order valence-corrected chi connectivity index (χ0v) is 13.5. The highest BCUT2D eigenvalue weighted by molar-refractivity contribution is 5.91. The predicted molar refractivity (Wildman–Crippen MR) is 91.2 cm³/mol. The molecule has 0 radical (unpaired) electrons. The largest absolute Gasteiger partial charge is 0.493 e. The molecule has 6 heteroatoms. The Morgan fingerprint density at radius 1 is 1.04 bits per heavy atom. The minimum absolute atomic E-state index is 0.225. The third-order valence-electron chi connectivity index (χ3n) is 3.74. The number of fused-ring (bicyclic) bond motifs is 1. The predicted octanol–water partition coefficient (Wildman–Crippen LogP) is 3.44. The number of ether oxygens (including phenoxy) is 2. The fourth-order valence-corrected chi connectivity index (χ4v) is 2.54. The van der Waals surface area contributed by atoms with E-state index in [2.05, 4.69) is 15.3 Å². The molecule has 3 rings (SSSR count). The van der Waals surface area contributed by atoms with Gasteiger partial charge in [0.15, 0.2) is 11.5 Å². The molecule has 0 amide bonds. The van der Waals surface area contributed by atoms with E-state index in [4.69, 9.17) is 9.47 Å². The SMILES string of the molecule is COc1cc2ncnc(NCCc3cccc(F)c3)c2cc1OC. The number of methoxy groups -OCH3 is 2. The van der Waals surface area contributed by atoms with E-state index in [9.17, 15) is 4.39 Å². The minimum atomic E-state index is -0.225. The molecule has 2 aromatic carbocycles. The molecule has 1 aromatic heterocycles. The average Bonchev–Trinajstić information content (AvgIpc) is 2.60. The van der Waals surface area contributed by atoms with Crippen LogP contribution in [0.4, 0.5) is 10.2 Å². The van der Waals surface area contributed by atoms with Crippen LogP contribution in [-0.4, -0.2) is 30.7 Å². The maximum atomic E-state index is 13.2. The number of anilines is 1. The van der Waals surface area contributed by atoms with Crippen molar-refractivity contribution in [3.63, 3.8) is 0 Å². The van der Waals surface area contributed by atoms with E-state index in [0.717, 1.165) is 16.5 Å². The van der Waals surface area contributed by atoms with Gasteiger partial charge in [0.1, 0.15) is 18.0 Å². The van der Waals surface area contributed by atoms with Crippen LogP contribution in [-0.2, 0) is 6.42 Å². The third-order valence-corrected chi connectivity index (χ3v) is 3.74. The molecule has 0 unspecified atom stereocenters. The number of halogens is 1. The second-order valence-electron chi connectivity index (χ2n) is 5.25.